The average Bonchev–Trinajstić information content (AvgIpc) is 3.07. The Balaban J connectivity index is 1.39. The van der Waals surface area contributed by atoms with Gasteiger partial charge in [-0.1, -0.05) is 37.6 Å². The number of allylic oxidation sites excluding steroid dienone is 3. The lowest BCUT2D eigenvalue weighted by Gasteiger charge is -2.49. The predicted molar refractivity (Wildman–Crippen MR) is 118 cm³/mol. The lowest BCUT2D eigenvalue weighted by Crippen LogP contribution is -2.41. The molecule has 9 atom stereocenters. The zero-order valence-electron chi connectivity index (χ0n) is 17.4. The Kier molecular flexibility index (Phi) is 6.44. The Morgan fingerprint density at radius 2 is 1.85 bits per heavy atom. The average molecular weight is 389 g/mol. The van der Waals surface area contributed by atoms with Crippen molar-refractivity contribution in [1.29, 1.82) is 0 Å². The second kappa shape index (κ2) is 8.66. The molecule has 3 fully saturated rings. The third-order valence-electron chi connectivity index (χ3n) is 8.80. The molecule has 0 saturated heterocycles. The molecule has 0 aliphatic heterocycles. The van der Waals surface area contributed by atoms with Crippen LogP contribution in [0.5, 0.6) is 0 Å². The van der Waals surface area contributed by atoms with Gasteiger partial charge in [-0.3, -0.25) is 0 Å². The number of aliphatic hydroxyl groups is 1. The number of fused-ring (bicyclic) bond motifs is 5. The minimum Gasteiger partial charge on any atom is -0.393 e. The summed E-state index contributed by atoms with van der Waals surface area (Å²) in [5, 5.41) is 10.5. The summed E-state index contributed by atoms with van der Waals surface area (Å²) in [4.78, 5) is 0. The molecule has 0 aromatic heterocycles. The highest BCUT2D eigenvalue weighted by Crippen LogP contribution is 2.58. The van der Waals surface area contributed by atoms with E-state index in [2.05, 4.69) is 44.7 Å². The van der Waals surface area contributed by atoms with Crippen molar-refractivity contribution in [3.8, 4) is 0 Å². The van der Waals surface area contributed by atoms with E-state index in [0.29, 0.717) is 11.2 Å². The largest absolute Gasteiger partial charge is 0.393 e. The molecule has 2 heteroatoms. The van der Waals surface area contributed by atoms with E-state index in [1.807, 2.05) is 0 Å². The Morgan fingerprint density at radius 1 is 1.07 bits per heavy atom. The maximum Gasteiger partial charge on any atom is 0.0577 e. The normalized spacial score (nSPS) is 43.6. The van der Waals surface area contributed by atoms with E-state index in [1.54, 1.807) is 5.57 Å². The van der Waals surface area contributed by atoms with Gasteiger partial charge < -0.3 is 5.11 Å². The molecule has 0 bridgehead atoms. The van der Waals surface area contributed by atoms with Crippen LogP contribution >= 0.6 is 12.6 Å². The van der Waals surface area contributed by atoms with E-state index in [-0.39, 0.29) is 6.10 Å². The first-order valence-electron chi connectivity index (χ1n) is 11.8. The molecule has 0 amide bonds. The van der Waals surface area contributed by atoms with Crippen LogP contribution in [0, 0.1) is 41.4 Å². The molecule has 1 nitrogen and oxygen atoms in total. The first-order chi connectivity index (χ1) is 13.1. The molecule has 9 unspecified atom stereocenters. The summed E-state index contributed by atoms with van der Waals surface area (Å²) in [5.41, 5.74) is 1.62. The lowest BCUT2D eigenvalue weighted by molar-refractivity contribution is 0.0349. The number of thiol groups is 1. The highest BCUT2D eigenvalue weighted by atomic mass is 32.1. The van der Waals surface area contributed by atoms with Crippen molar-refractivity contribution in [2.45, 2.75) is 89.4 Å². The van der Waals surface area contributed by atoms with Crippen LogP contribution in [-0.4, -0.2) is 16.5 Å². The molecule has 0 spiro atoms. The minimum atomic E-state index is -0.0602. The molecule has 0 heterocycles. The topological polar surface area (TPSA) is 20.2 Å². The van der Waals surface area contributed by atoms with Crippen LogP contribution in [0.25, 0.3) is 0 Å². The Hall–Kier alpha value is -0.210. The molecule has 1 N–H and O–H groups in total. The molecule has 0 radical (unpaired) electrons. The zero-order valence-corrected chi connectivity index (χ0v) is 18.3. The number of hydrogen-bond donors (Lipinski definition) is 2. The Morgan fingerprint density at radius 3 is 2.63 bits per heavy atom. The van der Waals surface area contributed by atoms with Crippen LogP contribution in [-0.2, 0) is 0 Å². The summed E-state index contributed by atoms with van der Waals surface area (Å²) in [7, 11) is 0. The molecule has 0 aromatic carbocycles. The molecule has 27 heavy (non-hydrogen) atoms. The Labute approximate surface area is 172 Å². The van der Waals surface area contributed by atoms with Crippen molar-refractivity contribution >= 4 is 12.6 Å². The zero-order chi connectivity index (χ0) is 19.0. The third-order valence-corrected chi connectivity index (χ3v) is 9.18. The van der Waals surface area contributed by atoms with E-state index in [0.717, 1.165) is 48.3 Å². The van der Waals surface area contributed by atoms with E-state index >= 15 is 0 Å². The first kappa shape index (κ1) is 20.1. The molecule has 152 valence electrons. The van der Waals surface area contributed by atoms with Crippen LogP contribution < -0.4 is 0 Å². The van der Waals surface area contributed by atoms with Crippen molar-refractivity contribution in [3.05, 3.63) is 23.8 Å². The maximum absolute atomic E-state index is 10.1. The molecule has 3 saturated carbocycles. The fraction of sp³-hybridized carbons (Fsp3) is 0.840. The summed E-state index contributed by atoms with van der Waals surface area (Å²) >= 11 is 4.65. The first-order valence-corrected chi connectivity index (χ1v) is 12.3. The highest BCUT2D eigenvalue weighted by Gasteiger charge is 2.49. The molecule has 0 aromatic rings. The van der Waals surface area contributed by atoms with Crippen LogP contribution in [0.15, 0.2) is 23.8 Å². The number of hydrogen-bond acceptors (Lipinski definition) is 2. The summed E-state index contributed by atoms with van der Waals surface area (Å²) < 4.78 is 0. The fourth-order valence-corrected chi connectivity index (χ4v) is 7.69. The molecular weight excluding hydrogens is 348 g/mol. The van der Waals surface area contributed by atoms with E-state index in [1.165, 1.54) is 51.4 Å². The second-order valence-corrected chi connectivity index (χ2v) is 10.9. The van der Waals surface area contributed by atoms with Gasteiger partial charge in [0.15, 0.2) is 0 Å². The minimum absolute atomic E-state index is 0.0602. The van der Waals surface area contributed by atoms with Crippen molar-refractivity contribution in [3.63, 3.8) is 0 Å². The fourth-order valence-electron chi connectivity index (χ4n) is 7.38. The van der Waals surface area contributed by atoms with Gasteiger partial charge in [0.25, 0.3) is 0 Å². The van der Waals surface area contributed by atoms with Gasteiger partial charge >= 0.3 is 0 Å². The van der Waals surface area contributed by atoms with Gasteiger partial charge in [0, 0.05) is 5.25 Å². The molecule has 4 aliphatic rings. The predicted octanol–water partition coefficient (Wildman–Crippen LogP) is 6.44. The van der Waals surface area contributed by atoms with Gasteiger partial charge in [-0.15, -0.1) is 0 Å². The van der Waals surface area contributed by atoms with Gasteiger partial charge in [0.05, 0.1) is 6.10 Å². The molecular formula is C25H40OS. The maximum atomic E-state index is 10.1. The van der Waals surface area contributed by atoms with Crippen LogP contribution in [0.3, 0.4) is 0 Å². The number of aliphatic hydroxyl groups excluding tert-OH is 1. The molecule has 4 aliphatic carbocycles. The van der Waals surface area contributed by atoms with Crippen LogP contribution in [0.1, 0.15) is 78.1 Å². The summed E-state index contributed by atoms with van der Waals surface area (Å²) in [6.45, 7) is 4.51. The lowest BCUT2D eigenvalue weighted by atomic mass is 9.56. The van der Waals surface area contributed by atoms with Crippen molar-refractivity contribution in [2.24, 2.45) is 41.4 Å². The quantitative estimate of drug-likeness (QED) is 0.410. The van der Waals surface area contributed by atoms with E-state index < -0.39 is 0 Å². The van der Waals surface area contributed by atoms with Gasteiger partial charge in [0.2, 0.25) is 0 Å². The van der Waals surface area contributed by atoms with Crippen molar-refractivity contribution in [2.75, 3.05) is 0 Å². The highest BCUT2D eigenvalue weighted by molar-refractivity contribution is 7.80. The smallest absolute Gasteiger partial charge is 0.0577 e. The Bertz CT molecular complexity index is 565. The van der Waals surface area contributed by atoms with Crippen LogP contribution in [0.4, 0.5) is 0 Å². The number of rotatable bonds is 5. The second-order valence-electron chi connectivity index (χ2n) is 10.1. The van der Waals surface area contributed by atoms with Crippen LogP contribution in [0.2, 0.25) is 0 Å². The summed E-state index contributed by atoms with van der Waals surface area (Å²) in [6.07, 6.45) is 20.4. The third kappa shape index (κ3) is 4.08. The van der Waals surface area contributed by atoms with Crippen molar-refractivity contribution in [1.82, 2.24) is 0 Å². The standard InChI is InChI=1S/C25H40OS/c1-3-17(16(2)27)5-4-6-18-7-10-23-21(18)13-14-24-22-12-9-20(26)15-19(22)8-11-25(23)24/h4-5,8,16-18,20-27H,3,6-7,9-15H2,1-2H3/b5-4+. The van der Waals surface area contributed by atoms with E-state index in [9.17, 15) is 5.11 Å². The SMILES string of the molecule is CCC(/C=C/CC1CCC2C1CCC1C3CCC(O)CC3=CCC12)C(C)S. The summed E-state index contributed by atoms with van der Waals surface area (Å²) in [5.74, 6) is 6.22. The van der Waals surface area contributed by atoms with Gasteiger partial charge in [0.1, 0.15) is 0 Å². The molecule has 4 rings (SSSR count). The van der Waals surface area contributed by atoms with Gasteiger partial charge in [-0.2, -0.15) is 12.6 Å². The summed E-state index contributed by atoms with van der Waals surface area (Å²) in [6, 6.07) is 0. The monoisotopic (exact) mass is 388 g/mol. The van der Waals surface area contributed by atoms with Crippen molar-refractivity contribution < 1.29 is 5.11 Å². The van der Waals surface area contributed by atoms with Gasteiger partial charge in [-0.25, -0.2) is 0 Å². The van der Waals surface area contributed by atoms with E-state index in [4.69, 9.17) is 0 Å². The van der Waals surface area contributed by atoms with Gasteiger partial charge in [-0.05, 0) is 106 Å².